The first-order valence-corrected chi connectivity index (χ1v) is 9.40. The van der Waals surface area contributed by atoms with Crippen molar-refractivity contribution in [3.63, 3.8) is 0 Å². The number of hydrogen-bond donors (Lipinski definition) is 0. The molecular weight excluding hydrogens is 364 g/mol. The quantitative estimate of drug-likeness (QED) is 0.753. The van der Waals surface area contributed by atoms with Crippen LogP contribution in [0.25, 0.3) is 0 Å². The van der Waals surface area contributed by atoms with Gasteiger partial charge in [0, 0.05) is 22.6 Å². The normalized spacial score (nSPS) is 29.1. The molecule has 0 aliphatic carbocycles. The molecule has 7 heteroatoms. The van der Waals surface area contributed by atoms with E-state index in [9.17, 15) is 17.2 Å². The fraction of sp³-hybridized carbons (Fsp3) is 0.571. The highest BCUT2D eigenvalue weighted by molar-refractivity contribution is 9.09. The topological polar surface area (TPSA) is 37.4 Å². The summed E-state index contributed by atoms with van der Waals surface area (Å²) < 4.78 is 47.9. The van der Waals surface area contributed by atoms with Crippen molar-refractivity contribution >= 4 is 31.5 Å². The van der Waals surface area contributed by atoms with Crippen molar-refractivity contribution in [2.75, 3.05) is 4.90 Å². The molecule has 1 aromatic rings. The van der Waals surface area contributed by atoms with Gasteiger partial charge in [-0.2, -0.15) is 8.78 Å². The maximum atomic E-state index is 12.5. The van der Waals surface area contributed by atoms with Gasteiger partial charge in [-0.1, -0.05) is 15.9 Å². The Labute approximate surface area is 131 Å². The van der Waals surface area contributed by atoms with Crippen LogP contribution < -0.4 is 4.90 Å². The third-order valence-corrected chi connectivity index (χ3v) is 6.52. The Morgan fingerprint density at radius 3 is 2.10 bits per heavy atom. The van der Waals surface area contributed by atoms with Gasteiger partial charge in [0.2, 0.25) is 9.84 Å². The second-order valence-corrected chi connectivity index (χ2v) is 8.87. The van der Waals surface area contributed by atoms with Crippen molar-refractivity contribution in [1.82, 2.24) is 0 Å². The van der Waals surface area contributed by atoms with Gasteiger partial charge in [-0.3, -0.25) is 0 Å². The van der Waals surface area contributed by atoms with E-state index in [0.717, 1.165) is 31.4 Å². The molecule has 0 saturated carbocycles. The Hall–Kier alpha value is -0.690. The number of alkyl halides is 3. The molecule has 2 aliphatic rings. The molecule has 2 bridgehead atoms. The monoisotopic (exact) mass is 379 g/mol. The highest BCUT2D eigenvalue weighted by Crippen LogP contribution is 2.41. The molecule has 3 rings (SSSR count). The molecule has 2 unspecified atom stereocenters. The fourth-order valence-electron chi connectivity index (χ4n) is 3.44. The van der Waals surface area contributed by atoms with E-state index in [4.69, 9.17) is 0 Å². The number of rotatable bonds is 3. The number of hydrogen-bond acceptors (Lipinski definition) is 3. The molecule has 0 N–H and O–H groups in total. The van der Waals surface area contributed by atoms with E-state index in [-0.39, 0.29) is 4.90 Å². The molecule has 2 atom stereocenters. The van der Waals surface area contributed by atoms with Gasteiger partial charge in [0.15, 0.2) is 0 Å². The Balaban J connectivity index is 1.86. The molecule has 0 spiro atoms. The highest BCUT2D eigenvalue weighted by atomic mass is 79.9. The lowest BCUT2D eigenvalue weighted by atomic mass is 10.0. The number of piperidine rings is 1. The van der Waals surface area contributed by atoms with Crippen molar-refractivity contribution in [1.29, 1.82) is 0 Å². The summed E-state index contributed by atoms with van der Waals surface area (Å²) in [4.78, 5) is 2.53. The van der Waals surface area contributed by atoms with E-state index in [2.05, 4.69) is 20.8 Å². The largest absolute Gasteiger partial charge is 0.365 e. The third kappa shape index (κ3) is 2.70. The SMILES string of the molecule is O=S(=O)(c1ccc(N2C3CCC2CC(Br)C3)cc1)C(F)F. The van der Waals surface area contributed by atoms with Crippen molar-refractivity contribution in [3.8, 4) is 0 Å². The zero-order valence-corrected chi connectivity index (χ0v) is 13.7. The predicted octanol–water partition coefficient (Wildman–Crippen LogP) is 3.58. The van der Waals surface area contributed by atoms with E-state index < -0.39 is 15.6 Å². The maximum absolute atomic E-state index is 12.5. The van der Waals surface area contributed by atoms with Crippen LogP contribution in [0.3, 0.4) is 0 Å². The molecule has 116 valence electrons. The molecule has 3 nitrogen and oxygen atoms in total. The minimum absolute atomic E-state index is 0.316. The number of fused-ring (bicyclic) bond motifs is 2. The van der Waals surface area contributed by atoms with Crippen LogP contribution in [0.5, 0.6) is 0 Å². The van der Waals surface area contributed by atoms with Gasteiger partial charge in [-0.15, -0.1) is 0 Å². The minimum atomic E-state index is -4.50. The second-order valence-electron chi connectivity index (χ2n) is 5.66. The van der Waals surface area contributed by atoms with Crippen LogP contribution >= 0.6 is 15.9 Å². The summed E-state index contributed by atoms with van der Waals surface area (Å²) in [6.07, 6.45) is 4.38. The molecule has 1 aromatic carbocycles. The Kier molecular flexibility index (Phi) is 3.98. The number of anilines is 1. The molecule has 2 aliphatic heterocycles. The summed E-state index contributed by atoms with van der Waals surface area (Å²) in [5.74, 6) is -3.37. The van der Waals surface area contributed by atoms with Crippen LogP contribution in [0.2, 0.25) is 0 Å². The van der Waals surface area contributed by atoms with Crippen LogP contribution in [0, 0.1) is 0 Å². The van der Waals surface area contributed by atoms with Crippen LogP contribution in [-0.4, -0.2) is 31.1 Å². The first-order chi connectivity index (χ1) is 9.89. The number of benzene rings is 1. The summed E-state index contributed by atoms with van der Waals surface area (Å²) in [5, 5.41) is 0. The molecule has 0 aromatic heterocycles. The predicted molar refractivity (Wildman–Crippen MR) is 80.9 cm³/mol. The van der Waals surface area contributed by atoms with E-state index in [0.29, 0.717) is 16.9 Å². The lowest BCUT2D eigenvalue weighted by molar-refractivity contribution is 0.234. The zero-order chi connectivity index (χ0) is 15.2. The summed E-state index contributed by atoms with van der Waals surface area (Å²) in [5.41, 5.74) is 0.926. The van der Waals surface area contributed by atoms with E-state index in [1.165, 1.54) is 12.1 Å². The average molecular weight is 380 g/mol. The second kappa shape index (κ2) is 5.50. The standard InChI is InChI=1S/C14H16BrF2NO2S/c15-9-7-11-1-2-12(8-9)18(11)10-3-5-13(6-4-10)21(19,20)14(16)17/h3-6,9,11-12,14H,1-2,7-8H2. The number of nitrogens with zero attached hydrogens (tertiary/aromatic N) is 1. The van der Waals surface area contributed by atoms with E-state index >= 15 is 0 Å². The first-order valence-electron chi connectivity index (χ1n) is 6.94. The highest BCUT2D eigenvalue weighted by Gasteiger charge is 2.40. The summed E-state index contributed by atoms with van der Waals surface area (Å²) in [6.45, 7) is 0. The van der Waals surface area contributed by atoms with Crippen molar-refractivity contribution in [2.24, 2.45) is 0 Å². The molecule has 2 heterocycles. The van der Waals surface area contributed by atoms with Crippen LogP contribution in [-0.2, 0) is 9.84 Å². The smallest absolute Gasteiger partial charge is 0.341 e. The molecule has 0 amide bonds. The average Bonchev–Trinajstić information content (AvgIpc) is 2.71. The van der Waals surface area contributed by atoms with E-state index in [1.54, 1.807) is 12.1 Å². The van der Waals surface area contributed by atoms with Gasteiger partial charge in [-0.05, 0) is 49.9 Å². The lowest BCUT2D eigenvalue weighted by Crippen LogP contribution is -2.43. The van der Waals surface area contributed by atoms with Gasteiger partial charge >= 0.3 is 5.76 Å². The Morgan fingerprint density at radius 1 is 1.10 bits per heavy atom. The molecule has 2 saturated heterocycles. The van der Waals surface area contributed by atoms with Crippen molar-refractivity contribution in [2.45, 2.75) is 53.2 Å². The molecule has 0 radical (unpaired) electrons. The summed E-state index contributed by atoms with van der Waals surface area (Å²) in [7, 11) is -4.50. The first kappa shape index (κ1) is 15.2. The minimum Gasteiger partial charge on any atom is -0.365 e. The number of sulfone groups is 1. The molecule has 2 fully saturated rings. The Bertz CT molecular complexity index is 606. The van der Waals surface area contributed by atoms with Gasteiger partial charge in [0.1, 0.15) is 0 Å². The van der Waals surface area contributed by atoms with Crippen LogP contribution in [0.4, 0.5) is 14.5 Å². The zero-order valence-electron chi connectivity index (χ0n) is 11.3. The number of halogens is 3. The lowest BCUT2D eigenvalue weighted by Gasteiger charge is -2.39. The third-order valence-electron chi connectivity index (χ3n) is 4.37. The summed E-state index contributed by atoms with van der Waals surface area (Å²) >= 11 is 3.67. The van der Waals surface area contributed by atoms with Gasteiger partial charge < -0.3 is 4.90 Å². The maximum Gasteiger partial charge on any atom is 0.341 e. The van der Waals surface area contributed by atoms with Crippen molar-refractivity contribution in [3.05, 3.63) is 24.3 Å². The van der Waals surface area contributed by atoms with Gasteiger partial charge in [-0.25, -0.2) is 8.42 Å². The summed E-state index contributed by atoms with van der Waals surface area (Å²) in [6, 6.07) is 6.77. The van der Waals surface area contributed by atoms with Crippen LogP contribution in [0.1, 0.15) is 25.7 Å². The van der Waals surface area contributed by atoms with Gasteiger partial charge in [0.05, 0.1) is 4.90 Å². The van der Waals surface area contributed by atoms with Gasteiger partial charge in [0.25, 0.3) is 0 Å². The van der Waals surface area contributed by atoms with E-state index in [1.807, 2.05) is 0 Å². The fourth-order valence-corrected chi connectivity index (χ4v) is 5.03. The van der Waals surface area contributed by atoms with Crippen LogP contribution in [0.15, 0.2) is 29.2 Å². The Morgan fingerprint density at radius 2 is 1.62 bits per heavy atom. The molecule has 21 heavy (non-hydrogen) atoms. The van der Waals surface area contributed by atoms with Crippen molar-refractivity contribution < 1.29 is 17.2 Å². The molecular formula is C14H16BrF2NO2S.